The zero-order valence-electron chi connectivity index (χ0n) is 8.65. The van der Waals surface area contributed by atoms with E-state index < -0.39 is 6.10 Å². The molecule has 0 spiro atoms. The Balaban J connectivity index is 1.95. The van der Waals surface area contributed by atoms with E-state index in [2.05, 4.69) is 16.8 Å². The summed E-state index contributed by atoms with van der Waals surface area (Å²) in [7, 11) is 0. The lowest BCUT2D eigenvalue weighted by Crippen LogP contribution is -2.33. The number of aliphatic hydroxyl groups is 2. The van der Waals surface area contributed by atoms with Crippen LogP contribution in [0.1, 0.15) is 29.3 Å². The molecule has 2 atom stereocenters. The van der Waals surface area contributed by atoms with Crippen LogP contribution in [0.3, 0.4) is 0 Å². The molecule has 0 fully saturated rings. The number of hydrogen-bond acceptors (Lipinski definition) is 4. The lowest BCUT2D eigenvalue weighted by Gasteiger charge is -2.24. The summed E-state index contributed by atoms with van der Waals surface area (Å²) < 4.78 is 0. The molecule has 1 heterocycles. The van der Waals surface area contributed by atoms with Crippen molar-refractivity contribution in [3.05, 3.63) is 21.9 Å². The first-order valence-electron chi connectivity index (χ1n) is 5.40. The van der Waals surface area contributed by atoms with Crippen LogP contribution in [0.15, 0.2) is 11.4 Å². The quantitative estimate of drug-likeness (QED) is 0.721. The van der Waals surface area contributed by atoms with Crippen LogP contribution < -0.4 is 5.32 Å². The molecule has 15 heavy (non-hydrogen) atoms. The predicted octanol–water partition coefficient (Wildman–Crippen LogP) is 1.07. The Bertz CT molecular complexity index is 313. The second-order valence-corrected chi connectivity index (χ2v) is 4.99. The Labute approximate surface area is 93.8 Å². The van der Waals surface area contributed by atoms with Crippen molar-refractivity contribution < 1.29 is 10.2 Å². The maximum absolute atomic E-state index is 9.28. The van der Waals surface area contributed by atoms with Crippen LogP contribution in [0.2, 0.25) is 0 Å². The van der Waals surface area contributed by atoms with Gasteiger partial charge in [-0.2, -0.15) is 0 Å². The summed E-state index contributed by atoms with van der Waals surface area (Å²) >= 11 is 1.82. The minimum absolute atomic E-state index is 0.170. The standard InChI is InChI=1S/C11H17NO2S/c13-7-8(14)6-12-10-2-1-3-11-9(10)4-5-15-11/h4-5,8,10,12-14H,1-3,6-7H2. The van der Waals surface area contributed by atoms with E-state index in [4.69, 9.17) is 5.11 Å². The summed E-state index contributed by atoms with van der Waals surface area (Å²) in [6, 6.07) is 2.53. The molecule has 4 heteroatoms. The fourth-order valence-electron chi connectivity index (χ4n) is 2.04. The third kappa shape index (κ3) is 2.58. The normalized spacial score (nSPS) is 22.4. The minimum atomic E-state index is -0.644. The predicted molar refractivity (Wildman–Crippen MR) is 61.1 cm³/mol. The highest BCUT2D eigenvalue weighted by Gasteiger charge is 2.21. The van der Waals surface area contributed by atoms with E-state index in [1.54, 1.807) is 0 Å². The number of aryl methyl sites for hydroxylation is 1. The third-order valence-corrected chi connectivity index (χ3v) is 3.86. The largest absolute Gasteiger partial charge is 0.394 e. The average Bonchev–Trinajstić information content (AvgIpc) is 2.74. The van der Waals surface area contributed by atoms with Gasteiger partial charge >= 0.3 is 0 Å². The summed E-state index contributed by atoms with van der Waals surface area (Å²) in [5.41, 5.74) is 1.39. The van der Waals surface area contributed by atoms with Crippen molar-refractivity contribution >= 4 is 11.3 Å². The van der Waals surface area contributed by atoms with Crippen molar-refractivity contribution in [2.75, 3.05) is 13.2 Å². The number of fused-ring (bicyclic) bond motifs is 1. The van der Waals surface area contributed by atoms with Crippen molar-refractivity contribution in [2.45, 2.75) is 31.4 Å². The Hall–Kier alpha value is -0.420. The highest BCUT2D eigenvalue weighted by Crippen LogP contribution is 2.32. The van der Waals surface area contributed by atoms with Crippen molar-refractivity contribution in [1.82, 2.24) is 5.32 Å². The first-order chi connectivity index (χ1) is 7.31. The summed E-state index contributed by atoms with van der Waals surface area (Å²) in [6.45, 7) is 0.298. The summed E-state index contributed by atoms with van der Waals surface area (Å²) in [6.07, 6.45) is 2.88. The molecule has 0 aromatic carbocycles. The number of nitrogens with one attached hydrogen (secondary N) is 1. The lowest BCUT2D eigenvalue weighted by atomic mass is 9.94. The highest BCUT2D eigenvalue weighted by molar-refractivity contribution is 7.10. The number of aliphatic hydroxyl groups excluding tert-OH is 2. The first kappa shape index (κ1) is 11.1. The Morgan fingerprint density at radius 1 is 1.60 bits per heavy atom. The van der Waals surface area contributed by atoms with Crippen molar-refractivity contribution in [1.29, 1.82) is 0 Å². The van der Waals surface area contributed by atoms with E-state index in [9.17, 15) is 5.11 Å². The van der Waals surface area contributed by atoms with E-state index in [1.807, 2.05) is 11.3 Å². The molecule has 0 aliphatic heterocycles. The summed E-state index contributed by atoms with van der Waals surface area (Å²) in [5, 5.41) is 23.5. The maximum atomic E-state index is 9.28. The second-order valence-electron chi connectivity index (χ2n) is 3.99. The van der Waals surface area contributed by atoms with Gasteiger partial charge in [-0.25, -0.2) is 0 Å². The fraction of sp³-hybridized carbons (Fsp3) is 0.636. The van der Waals surface area contributed by atoms with E-state index >= 15 is 0 Å². The van der Waals surface area contributed by atoms with Crippen LogP contribution in [-0.4, -0.2) is 29.5 Å². The van der Waals surface area contributed by atoms with E-state index in [1.165, 1.54) is 23.3 Å². The molecule has 2 unspecified atom stereocenters. The lowest BCUT2D eigenvalue weighted by molar-refractivity contribution is 0.0912. The SMILES string of the molecule is OCC(O)CNC1CCCc2sccc21. The summed E-state index contributed by atoms with van der Waals surface area (Å²) in [5.74, 6) is 0. The van der Waals surface area contributed by atoms with Gasteiger partial charge in [-0.1, -0.05) is 0 Å². The van der Waals surface area contributed by atoms with Gasteiger partial charge in [0.05, 0.1) is 12.7 Å². The van der Waals surface area contributed by atoms with E-state index in [0.29, 0.717) is 12.6 Å². The van der Waals surface area contributed by atoms with Gasteiger partial charge in [0.15, 0.2) is 0 Å². The summed E-state index contributed by atoms with van der Waals surface area (Å²) in [4.78, 5) is 1.47. The Morgan fingerprint density at radius 2 is 2.47 bits per heavy atom. The molecule has 0 saturated heterocycles. The van der Waals surface area contributed by atoms with Gasteiger partial charge in [0.1, 0.15) is 0 Å². The zero-order valence-corrected chi connectivity index (χ0v) is 9.46. The molecule has 1 aromatic heterocycles. The second kappa shape index (κ2) is 5.07. The topological polar surface area (TPSA) is 52.5 Å². The van der Waals surface area contributed by atoms with Gasteiger partial charge in [-0.05, 0) is 36.3 Å². The molecule has 0 saturated carbocycles. The molecule has 0 bridgehead atoms. The van der Waals surface area contributed by atoms with Gasteiger partial charge < -0.3 is 15.5 Å². The van der Waals surface area contributed by atoms with Crippen molar-refractivity contribution in [3.63, 3.8) is 0 Å². The average molecular weight is 227 g/mol. The van der Waals surface area contributed by atoms with Gasteiger partial charge in [0.2, 0.25) is 0 Å². The first-order valence-corrected chi connectivity index (χ1v) is 6.28. The molecule has 2 rings (SSSR count). The molecule has 3 N–H and O–H groups in total. The van der Waals surface area contributed by atoms with Crippen LogP contribution in [0, 0.1) is 0 Å². The molecular weight excluding hydrogens is 210 g/mol. The fourth-order valence-corrected chi connectivity index (χ4v) is 3.03. The van der Waals surface area contributed by atoms with E-state index in [0.717, 1.165) is 6.42 Å². The molecule has 0 amide bonds. The molecule has 1 aliphatic rings. The molecule has 1 aromatic rings. The van der Waals surface area contributed by atoms with Crippen LogP contribution in [-0.2, 0) is 6.42 Å². The van der Waals surface area contributed by atoms with Gasteiger partial charge in [-0.15, -0.1) is 11.3 Å². The Morgan fingerprint density at radius 3 is 3.27 bits per heavy atom. The minimum Gasteiger partial charge on any atom is -0.394 e. The van der Waals surface area contributed by atoms with Gasteiger partial charge in [0, 0.05) is 17.5 Å². The highest BCUT2D eigenvalue weighted by atomic mass is 32.1. The number of rotatable bonds is 4. The third-order valence-electron chi connectivity index (χ3n) is 2.86. The maximum Gasteiger partial charge on any atom is 0.0895 e. The number of thiophene rings is 1. The Kier molecular flexibility index (Phi) is 3.75. The van der Waals surface area contributed by atoms with Crippen LogP contribution in [0.4, 0.5) is 0 Å². The van der Waals surface area contributed by atoms with Gasteiger partial charge in [0.25, 0.3) is 0 Å². The molecule has 1 aliphatic carbocycles. The van der Waals surface area contributed by atoms with Crippen molar-refractivity contribution in [3.8, 4) is 0 Å². The number of hydrogen-bond donors (Lipinski definition) is 3. The van der Waals surface area contributed by atoms with Crippen molar-refractivity contribution in [2.24, 2.45) is 0 Å². The smallest absolute Gasteiger partial charge is 0.0895 e. The zero-order chi connectivity index (χ0) is 10.7. The van der Waals surface area contributed by atoms with Crippen LogP contribution in [0.5, 0.6) is 0 Å². The monoisotopic (exact) mass is 227 g/mol. The molecular formula is C11H17NO2S. The molecule has 3 nitrogen and oxygen atoms in total. The van der Waals surface area contributed by atoms with Gasteiger partial charge in [-0.3, -0.25) is 0 Å². The van der Waals surface area contributed by atoms with E-state index in [-0.39, 0.29) is 6.61 Å². The molecule has 0 radical (unpaired) electrons. The molecule has 84 valence electrons. The van der Waals surface area contributed by atoms with Crippen LogP contribution >= 0.6 is 11.3 Å². The van der Waals surface area contributed by atoms with Crippen LogP contribution in [0.25, 0.3) is 0 Å².